The monoisotopic (exact) mass is 326 g/mol. The first-order valence-corrected chi connectivity index (χ1v) is 7.70. The highest BCUT2D eigenvalue weighted by atomic mass is 16.5. The summed E-state index contributed by atoms with van der Waals surface area (Å²) in [6, 6.07) is 12.6. The van der Waals surface area contributed by atoms with Crippen LogP contribution in [0.25, 0.3) is 0 Å². The van der Waals surface area contributed by atoms with Crippen LogP contribution < -0.4 is 4.74 Å². The van der Waals surface area contributed by atoms with Crippen molar-refractivity contribution in [2.75, 3.05) is 6.61 Å². The van der Waals surface area contributed by atoms with Gasteiger partial charge < -0.3 is 13.9 Å². The lowest BCUT2D eigenvalue weighted by Crippen LogP contribution is -2.06. The molecule has 6 nitrogen and oxygen atoms in total. The number of benzene rings is 1. The van der Waals surface area contributed by atoms with Crippen molar-refractivity contribution in [2.24, 2.45) is 0 Å². The first kappa shape index (κ1) is 15.9. The molecule has 0 spiro atoms. The zero-order valence-electron chi connectivity index (χ0n) is 13.3. The van der Waals surface area contributed by atoms with Gasteiger partial charge in [0, 0.05) is 18.0 Å². The maximum Gasteiger partial charge on any atom is 0.374 e. The molecule has 2 aromatic heterocycles. The van der Waals surface area contributed by atoms with Crippen LogP contribution in [0.4, 0.5) is 0 Å². The van der Waals surface area contributed by atoms with Gasteiger partial charge in [-0.25, -0.2) is 4.79 Å². The molecule has 2 heterocycles. The molecule has 1 aromatic carbocycles. The maximum atomic E-state index is 12.1. The second kappa shape index (κ2) is 7.50. The van der Waals surface area contributed by atoms with Crippen LogP contribution in [0.15, 0.2) is 59.3 Å². The Hall–Kier alpha value is -3.02. The second-order valence-electron chi connectivity index (χ2n) is 5.09. The fraction of sp³-hybridized carbons (Fsp3) is 0.222. The van der Waals surface area contributed by atoms with Crippen LogP contribution in [-0.2, 0) is 17.9 Å². The molecular formula is C18H18N2O4. The Balaban J connectivity index is 1.60. The fourth-order valence-corrected chi connectivity index (χ4v) is 2.26. The molecule has 0 radical (unpaired) electrons. The van der Waals surface area contributed by atoms with Crippen molar-refractivity contribution in [3.8, 4) is 5.75 Å². The van der Waals surface area contributed by atoms with Gasteiger partial charge in [0.2, 0.25) is 5.76 Å². The standard InChI is InChI=1S/C18H18N2O4/c1-2-22-16-7-4-3-6-14(16)13-23-18(21)17-9-8-15(24-17)12-20-11-5-10-19-20/h3-11H,2,12-13H2,1H3. The van der Waals surface area contributed by atoms with Crippen molar-refractivity contribution in [3.63, 3.8) is 0 Å². The summed E-state index contributed by atoms with van der Waals surface area (Å²) in [6.45, 7) is 3.06. The van der Waals surface area contributed by atoms with Crippen LogP contribution in [0.1, 0.15) is 28.8 Å². The van der Waals surface area contributed by atoms with Gasteiger partial charge in [-0.15, -0.1) is 0 Å². The molecule has 3 rings (SSSR count). The molecule has 0 saturated heterocycles. The lowest BCUT2D eigenvalue weighted by Gasteiger charge is -2.09. The number of para-hydroxylation sites is 1. The number of carbonyl (C=O) groups is 1. The number of aromatic nitrogens is 2. The van der Waals surface area contributed by atoms with Gasteiger partial charge in [0.25, 0.3) is 0 Å². The Morgan fingerprint density at radius 2 is 2.08 bits per heavy atom. The minimum Gasteiger partial charge on any atom is -0.493 e. The lowest BCUT2D eigenvalue weighted by atomic mass is 10.2. The first-order valence-electron chi connectivity index (χ1n) is 7.70. The van der Waals surface area contributed by atoms with Gasteiger partial charge in [0.05, 0.1) is 13.2 Å². The fourth-order valence-electron chi connectivity index (χ4n) is 2.26. The van der Waals surface area contributed by atoms with E-state index in [9.17, 15) is 4.79 Å². The highest BCUT2D eigenvalue weighted by molar-refractivity contribution is 5.86. The summed E-state index contributed by atoms with van der Waals surface area (Å²) in [5.41, 5.74) is 0.816. The van der Waals surface area contributed by atoms with Gasteiger partial charge in [0.1, 0.15) is 18.1 Å². The number of rotatable bonds is 7. The molecule has 0 N–H and O–H groups in total. The Labute approximate surface area is 139 Å². The van der Waals surface area contributed by atoms with E-state index in [-0.39, 0.29) is 12.4 Å². The van der Waals surface area contributed by atoms with E-state index in [1.54, 1.807) is 23.0 Å². The van der Waals surface area contributed by atoms with E-state index in [1.165, 1.54) is 0 Å². The summed E-state index contributed by atoms with van der Waals surface area (Å²) in [4.78, 5) is 12.1. The smallest absolute Gasteiger partial charge is 0.374 e. The predicted molar refractivity (Wildman–Crippen MR) is 86.8 cm³/mol. The number of ether oxygens (including phenoxy) is 2. The number of hydrogen-bond acceptors (Lipinski definition) is 5. The van der Waals surface area contributed by atoms with Crippen LogP contribution in [0.2, 0.25) is 0 Å². The van der Waals surface area contributed by atoms with Gasteiger partial charge >= 0.3 is 5.97 Å². The van der Waals surface area contributed by atoms with Gasteiger partial charge in [-0.1, -0.05) is 18.2 Å². The molecule has 0 aliphatic rings. The number of esters is 1. The summed E-state index contributed by atoms with van der Waals surface area (Å²) in [5.74, 6) is 1.02. The van der Waals surface area contributed by atoms with Crippen molar-refractivity contribution in [1.82, 2.24) is 9.78 Å². The molecular weight excluding hydrogens is 308 g/mol. The van der Waals surface area contributed by atoms with Crippen molar-refractivity contribution in [3.05, 3.63) is 71.9 Å². The summed E-state index contributed by atoms with van der Waals surface area (Å²) in [5, 5.41) is 4.10. The summed E-state index contributed by atoms with van der Waals surface area (Å²) in [7, 11) is 0. The van der Waals surface area contributed by atoms with E-state index in [1.807, 2.05) is 43.5 Å². The van der Waals surface area contributed by atoms with Crippen molar-refractivity contribution < 1.29 is 18.7 Å². The van der Waals surface area contributed by atoms with Crippen LogP contribution in [0.5, 0.6) is 5.75 Å². The minimum atomic E-state index is -0.506. The summed E-state index contributed by atoms with van der Waals surface area (Å²) in [6.07, 6.45) is 3.51. The van der Waals surface area contributed by atoms with Crippen molar-refractivity contribution in [1.29, 1.82) is 0 Å². The van der Waals surface area contributed by atoms with Crippen LogP contribution >= 0.6 is 0 Å². The van der Waals surface area contributed by atoms with E-state index < -0.39 is 5.97 Å². The molecule has 0 amide bonds. The number of carbonyl (C=O) groups excluding carboxylic acids is 1. The van der Waals surface area contributed by atoms with Gasteiger partial charge in [-0.3, -0.25) is 4.68 Å². The molecule has 0 fully saturated rings. The highest BCUT2D eigenvalue weighted by Crippen LogP contribution is 2.20. The normalized spacial score (nSPS) is 10.5. The van der Waals surface area contributed by atoms with E-state index in [0.717, 1.165) is 5.56 Å². The molecule has 24 heavy (non-hydrogen) atoms. The van der Waals surface area contributed by atoms with E-state index in [2.05, 4.69) is 5.10 Å². The quantitative estimate of drug-likeness (QED) is 0.623. The largest absolute Gasteiger partial charge is 0.493 e. The maximum absolute atomic E-state index is 12.1. The molecule has 0 bridgehead atoms. The zero-order chi connectivity index (χ0) is 16.8. The highest BCUT2D eigenvalue weighted by Gasteiger charge is 2.14. The molecule has 3 aromatic rings. The third kappa shape index (κ3) is 3.84. The molecule has 0 aliphatic carbocycles. The molecule has 124 valence electrons. The molecule has 0 aliphatic heterocycles. The van der Waals surface area contributed by atoms with Crippen LogP contribution in [-0.4, -0.2) is 22.4 Å². The third-order valence-electron chi connectivity index (χ3n) is 3.37. The summed E-state index contributed by atoms with van der Waals surface area (Å²) < 4.78 is 18.1. The van der Waals surface area contributed by atoms with Crippen molar-refractivity contribution >= 4 is 5.97 Å². The number of nitrogens with zero attached hydrogens (tertiary/aromatic N) is 2. The lowest BCUT2D eigenvalue weighted by molar-refractivity contribution is 0.0431. The van der Waals surface area contributed by atoms with E-state index >= 15 is 0 Å². The van der Waals surface area contributed by atoms with Crippen LogP contribution in [0.3, 0.4) is 0 Å². The second-order valence-corrected chi connectivity index (χ2v) is 5.09. The first-order chi connectivity index (χ1) is 11.8. The Bertz CT molecular complexity index is 793. The van der Waals surface area contributed by atoms with Crippen LogP contribution in [0, 0.1) is 0 Å². The topological polar surface area (TPSA) is 66.5 Å². The van der Waals surface area contributed by atoms with Gasteiger partial charge in [0.15, 0.2) is 0 Å². The third-order valence-corrected chi connectivity index (χ3v) is 3.37. The summed E-state index contributed by atoms with van der Waals surface area (Å²) >= 11 is 0. The van der Waals surface area contributed by atoms with Crippen molar-refractivity contribution in [2.45, 2.75) is 20.1 Å². The molecule has 6 heteroatoms. The Morgan fingerprint density at radius 3 is 2.88 bits per heavy atom. The average molecular weight is 326 g/mol. The zero-order valence-corrected chi connectivity index (χ0v) is 13.3. The van der Waals surface area contributed by atoms with E-state index in [0.29, 0.717) is 24.7 Å². The average Bonchev–Trinajstić information content (AvgIpc) is 3.26. The van der Waals surface area contributed by atoms with E-state index in [4.69, 9.17) is 13.9 Å². The number of hydrogen-bond donors (Lipinski definition) is 0. The SMILES string of the molecule is CCOc1ccccc1COC(=O)c1ccc(Cn2cccn2)o1. The van der Waals surface area contributed by atoms with Gasteiger partial charge in [-0.2, -0.15) is 5.10 Å². The predicted octanol–water partition coefficient (Wildman–Crippen LogP) is 3.28. The molecule has 0 saturated carbocycles. The molecule has 0 unspecified atom stereocenters. The minimum absolute atomic E-state index is 0.129. The molecule has 0 atom stereocenters. The Morgan fingerprint density at radius 1 is 1.21 bits per heavy atom. The number of furan rings is 1. The Kier molecular flexibility index (Phi) is 4.96. The van der Waals surface area contributed by atoms with Gasteiger partial charge in [-0.05, 0) is 31.2 Å².